The number of ether oxygens (including phenoxy) is 3. The molecule has 0 saturated carbocycles. The smallest absolute Gasteiger partial charge is 0.459 e. The molecule has 6 atom stereocenters. The van der Waals surface area contributed by atoms with E-state index in [4.69, 9.17) is 23.3 Å². The van der Waals surface area contributed by atoms with Gasteiger partial charge < -0.3 is 28.9 Å². The van der Waals surface area contributed by atoms with Crippen molar-refractivity contribution < 1.29 is 42.8 Å². The van der Waals surface area contributed by atoms with Gasteiger partial charge in [-0.2, -0.15) is 21.8 Å². The Labute approximate surface area is 318 Å². The van der Waals surface area contributed by atoms with Gasteiger partial charge in [0.1, 0.15) is 42.0 Å². The van der Waals surface area contributed by atoms with Crippen molar-refractivity contribution in [3.8, 4) is 11.6 Å². The number of halogens is 1. The number of aliphatic hydroxyl groups is 2. The summed E-state index contributed by atoms with van der Waals surface area (Å²) in [4.78, 5) is 26.8. The maximum atomic E-state index is 14.8. The average Bonchev–Trinajstić information content (AvgIpc) is 3.58. The molecule has 52 heavy (non-hydrogen) atoms. The summed E-state index contributed by atoms with van der Waals surface area (Å²) < 4.78 is 46.2. The molecule has 3 N–H and O–H groups in total. The van der Waals surface area contributed by atoms with Gasteiger partial charge in [0.05, 0.1) is 13.7 Å². The number of aromatic nitrogens is 4. The molecule has 2 aromatic heterocycles. The Hall–Kier alpha value is -3.35. The van der Waals surface area contributed by atoms with E-state index in [1.54, 1.807) is 23.6 Å². The number of nitrogens with zero attached hydrogens (tertiary/aromatic N) is 4. The molecule has 1 aliphatic heterocycles. The van der Waals surface area contributed by atoms with Crippen molar-refractivity contribution in [1.82, 2.24) is 24.6 Å². The molecule has 0 radical (unpaired) electrons. The van der Waals surface area contributed by atoms with Crippen LogP contribution in [0.3, 0.4) is 0 Å². The van der Waals surface area contributed by atoms with Crippen LogP contribution in [0.2, 0.25) is 0 Å². The second kappa shape index (κ2) is 16.3. The van der Waals surface area contributed by atoms with Crippen LogP contribution in [-0.2, 0) is 30.0 Å². The largest absolute Gasteiger partial charge is 0.479 e. The molecule has 0 spiro atoms. The maximum absolute atomic E-state index is 14.8. The van der Waals surface area contributed by atoms with Gasteiger partial charge in [-0.05, 0) is 49.3 Å². The quantitative estimate of drug-likeness (QED) is 0.0516. The van der Waals surface area contributed by atoms with E-state index in [0.717, 1.165) is 10.9 Å². The van der Waals surface area contributed by atoms with Gasteiger partial charge in [-0.3, -0.25) is 13.9 Å². The molecule has 276 valence electrons. The van der Waals surface area contributed by atoms with Gasteiger partial charge in [0.15, 0.2) is 21.2 Å². The standard InChI is InChI=1S/C35H39IN5O9PS/c1-21-37-30-28(31(38-21)46-3)39-34(36)41(30)33-35(2,44)29(42)27(49-33)20-48-51(45,50-26-16-10-14-23-13-8-9-15-24(23)26)40-25(17-18-52-4)32(43)47-19-22-11-6-5-7-12-22/h5-16,25,27,29,33,42,44H,17-20H2,1-4H3,(H,40,45)/t25-,27+,29+,33+,35+,51?/m0/s1. The lowest BCUT2D eigenvalue weighted by molar-refractivity contribution is -0.147. The fraction of sp³-hybridized carbons (Fsp3) is 0.371. The number of nitrogens with one attached hydrogen (secondary N) is 1. The highest BCUT2D eigenvalue weighted by Gasteiger charge is 2.55. The van der Waals surface area contributed by atoms with Crippen LogP contribution in [-0.4, -0.2) is 85.3 Å². The van der Waals surface area contributed by atoms with Crippen LogP contribution in [0.15, 0.2) is 72.8 Å². The Kier molecular flexibility index (Phi) is 12.1. The highest BCUT2D eigenvalue weighted by molar-refractivity contribution is 14.1. The Balaban J connectivity index is 1.29. The zero-order chi connectivity index (χ0) is 37.0. The first-order chi connectivity index (χ1) is 24.9. The van der Waals surface area contributed by atoms with Crippen molar-refractivity contribution in [1.29, 1.82) is 0 Å². The topological polar surface area (TPSA) is 176 Å². The van der Waals surface area contributed by atoms with Crippen molar-refractivity contribution in [2.24, 2.45) is 0 Å². The van der Waals surface area contributed by atoms with Crippen molar-refractivity contribution in [2.45, 2.75) is 57.0 Å². The third kappa shape index (κ3) is 8.24. The van der Waals surface area contributed by atoms with E-state index in [2.05, 4.69) is 20.0 Å². The van der Waals surface area contributed by atoms with E-state index < -0.39 is 50.4 Å². The number of carbonyl (C=O) groups is 1. The second-order valence-corrected chi connectivity index (χ2v) is 16.0. The minimum Gasteiger partial charge on any atom is -0.479 e. The number of fused-ring (bicyclic) bond motifs is 2. The molecule has 0 aliphatic carbocycles. The molecular formula is C35H39IN5O9PS. The predicted octanol–water partition coefficient (Wildman–Crippen LogP) is 5.57. The van der Waals surface area contributed by atoms with Gasteiger partial charge in [0.2, 0.25) is 5.88 Å². The fourth-order valence-corrected chi connectivity index (χ4v) is 8.64. The zero-order valence-electron chi connectivity index (χ0n) is 28.8. The number of aryl methyl sites for hydroxylation is 1. The highest BCUT2D eigenvalue weighted by atomic mass is 127. The molecule has 1 fully saturated rings. The van der Waals surface area contributed by atoms with Crippen LogP contribution < -0.4 is 14.3 Å². The molecular weight excluding hydrogens is 824 g/mol. The van der Waals surface area contributed by atoms with Crippen LogP contribution in [0, 0.1) is 10.8 Å². The summed E-state index contributed by atoms with van der Waals surface area (Å²) in [5.41, 5.74) is -0.423. The molecule has 1 aliphatic rings. The van der Waals surface area contributed by atoms with Gasteiger partial charge in [0.25, 0.3) is 0 Å². The summed E-state index contributed by atoms with van der Waals surface area (Å²) in [7, 11) is -2.98. The molecule has 14 nitrogen and oxygen atoms in total. The van der Waals surface area contributed by atoms with Crippen LogP contribution in [0.5, 0.6) is 11.6 Å². The summed E-state index contributed by atoms with van der Waals surface area (Å²) in [6.07, 6.45) is -1.79. The second-order valence-electron chi connectivity index (χ2n) is 12.3. The Morgan fingerprint density at radius 3 is 2.60 bits per heavy atom. The molecule has 0 bridgehead atoms. The predicted molar refractivity (Wildman–Crippen MR) is 204 cm³/mol. The first kappa shape index (κ1) is 38.4. The van der Waals surface area contributed by atoms with E-state index in [1.807, 2.05) is 89.5 Å². The van der Waals surface area contributed by atoms with Crippen LogP contribution in [0.25, 0.3) is 21.9 Å². The molecule has 1 unspecified atom stereocenters. The highest BCUT2D eigenvalue weighted by Crippen LogP contribution is 2.49. The van der Waals surface area contributed by atoms with Crippen molar-refractivity contribution in [3.63, 3.8) is 0 Å². The number of thioether (sulfide) groups is 1. The van der Waals surface area contributed by atoms with E-state index in [9.17, 15) is 19.6 Å². The molecule has 3 aromatic carbocycles. The third-order valence-corrected chi connectivity index (χ3v) is 11.5. The molecule has 6 rings (SSSR count). The number of rotatable bonds is 15. The lowest BCUT2D eigenvalue weighted by Crippen LogP contribution is -2.45. The first-order valence-electron chi connectivity index (χ1n) is 16.3. The van der Waals surface area contributed by atoms with E-state index in [1.165, 1.54) is 25.8 Å². The number of carbonyl (C=O) groups excluding carboxylic acids is 1. The van der Waals surface area contributed by atoms with E-state index >= 15 is 0 Å². The molecule has 3 heterocycles. The molecule has 17 heteroatoms. The summed E-state index contributed by atoms with van der Waals surface area (Å²) in [5, 5.41) is 27.4. The lowest BCUT2D eigenvalue weighted by Gasteiger charge is -2.28. The lowest BCUT2D eigenvalue weighted by atomic mass is 9.96. The number of imidazole rings is 1. The number of methoxy groups -OCH3 is 1. The van der Waals surface area contributed by atoms with Crippen molar-refractivity contribution >= 4 is 70.0 Å². The number of esters is 1. The van der Waals surface area contributed by atoms with Crippen LogP contribution in [0.1, 0.15) is 31.0 Å². The van der Waals surface area contributed by atoms with Gasteiger partial charge in [-0.25, -0.2) is 14.5 Å². The Morgan fingerprint density at radius 2 is 1.85 bits per heavy atom. The van der Waals surface area contributed by atoms with Crippen molar-refractivity contribution in [2.75, 3.05) is 25.7 Å². The van der Waals surface area contributed by atoms with Gasteiger partial charge in [0, 0.05) is 28.0 Å². The average molecular weight is 864 g/mol. The summed E-state index contributed by atoms with van der Waals surface area (Å²) in [6, 6.07) is 20.8. The minimum atomic E-state index is -4.45. The van der Waals surface area contributed by atoms with Gasteiger partial charge in [-0.15, -0.1) is 0 Å². The summed E-state index contributed by atoms with van der Waals surface area (Å²) in [5.74, 6) is 0.783. The monoisotopic (exact) mass is 863 g/mol. The normalized spacial score (nSPS) is 21.9. The van der Waals surface area contributed by atoms with E-state index in [-0.39, 0.29) is 24.7 Å². The summed E-state index contributed by atoms with van der Waals surface area (Å²) in [6.45, 7) is 2.62. The molecule has 0 amide bonds. The maximum Gasteiger partial charge on any atom is 0.459 e. The van der Waals surface area contributed by atoms with Gasteiger partial charge >= 0.3 is 13.7 Å². The Bertz CT molecular complexity index is 2080. The van der Waals surface area contributed by atoms with Gasteiger partial charge in [-0.1, -0.05) is 66.7 Å². The molecule has 1 saturated heterocycles. The van der Waals surface area contributed by atoms with Crippen molar-refractivity contribution in [3.05, 3.63) is 88.0 Å². The number of hydrogen-bond donors (Lipinski definition) is 3. The number of hydrogen-bond acceptors (Lipinski definition) is 13. The fourth-order valence-electron chi connectivity index (χ4n) is 5.89. The third-order valence-electron chi connectivity index (χ3n) is 8.57. The number of aliphatic hydroxyl groups excluding tert-OH is 1. The summed E-state index contributed by atoms with van der Waals surface area (Å²) >= 11 is 3.48. The zero-order valence-corrected chi connectivity index (χ0v) is 32.7. The molecule has 5 aromatic rings. The number of benzene rings is 3. The SMILES string of the molecule is COc1nc(C)nc2c1nc(I)n2[C@@H]1O[C@H](COP(=O)(N[C@@H](CCSC)C(=O)OCc2ccccc2)Oc2cccc3ccccc23)[C@@H](O)[C@@]1(C)O. The minimum absolute atomic E-state index is 0.0170. The first-order valence-corrected chi connectivity index (χ1v) is 20.4. The van der Waals surface area contributed by atoms with Crippen LogP contribution >= 0.6 is 42.1 Å². The van der Waals surface area contributed by atoms with E-state index in [0.29, 0.717) is 32.0 Å². The Morgan fingerprint density at radius 1 is 1.12 bits per heavy atom. The van der Waals surface area contributed by atoms with Crippen LogP contribution in [0.4, 0.5) is 0 Å².